The van der Waals surface area contributed by atoms with Gasteiger partial charge in [-0.3, -0.25) is 10.2 Å². The molecule has 1 aromatic carbocycles. The van der Waals surface area contributed by atoms with Gasteiger partial charge in [-0.05, 0) is 68.6 Å². The molecule has 6 heteroatoms. The molecule has 1 aromatic rings. The van der Waals surface area contributed by atoms with Crippen LogP contribution in [-0.2, 0) is 9.53 Å². The summed E-state index contributed by atoms with van der Waals surface area (Å²) in [4.78, 5) is 11.0. The predicted octanol–water partition coefficient (Wildman–Crippen LogP) is 3.22. The largest absolute Gasteiger partial charge is 0.469 e. The third-order valence-corrected chi connectivity index (χ3v) is 4.06. The number of methoxy groups -OCH3 is 1. The molecular weight excluding hydrogens is 322 g/mol. The van der Waals surface area contributed by atoms with Gasteiger partial charge < -0.3 is 10.1 Å². The van der Waals surface area contributed by atoms with Gasteiger partial charge in [0.2, 0.25) is 0 Å². The van der Waals surface area contributed by atoms with Gasteiger partial charge >= 0.3 is 5.97 Å². The van der Waals surface area contributed by atoms with Gasteiger partial charge in [0.15, 0.2) is 5.11 Å². The Morgan fingerprint density at radius 1 is 1.21 bits per heavy atom. The first-order valence-electron chi connectivity index (χ1n) is 8.16. The van der Waals surface area contributed by atoms with E-state index in [1.165, 1.54) is 18.2 Å². The predicted molar refractivity (Wildman–Crippen MR) is 102 cm³/mol. The molecule has 0 radical (unpaired) electrons. The summed E-state index contributed by atoms with van der Waals surface area (Å²) >= 11 is 5.20. The van der Waals surface area contributed by atoms with Crippen LogP contribution in [0.5, 0.6) is 0 Å². The molecule has 0 fully saturated rings. The number of hydrogen-bond donors (Lipinski definition) is 2. The highest BCUT2D eigenvalue weighted by molar-refractivity contribution is 7.80. The number of hydrazone groups is 1. The topological polar surface area (TPSA) is 62.7 Å². The number of nitrogens with zero attached hydrogens (tertiary/aromatic N) is 1. The fourth-order valence-corrected chi connectivity index (χ4v) is 2.23. The molecule has 0 amide bonds. The Morgan fingerprint density at radius 3 is 2.62 bits per heavy atom. The zero-order valence-corrected chi connectivity index (χ0v) is 15.8. The first-order chi connectivity index (χ1) is 11.4. The quantitative estimate of drug-likeness (QED) is 0.248. The summed E-state index contributed by atoms with van der Waals surface area (Å²) in [5, 5.41) is 7.93. The number of unbranched alkanes of at least 4 members (excludes halogenated alkanes) is 2. The Hall–Kier alpha value is -1.95. The molecule has 132 valence electrons. The monoisotopic (exact) mass is 349 g/mol. The zero-order valence-electron chi connectivity index (χ0n) is 14.9. The fourth-order valence-electron chi connectivity index (χ4n) is 2.08. The first kappa shape index (κ1) is 20.1. The number of carbonyl (C=O) groups excluding carboxylic acids is 1. The molecule has 2 N–H and O–H groups in total. The van der Waals surface area contributed by atoms with Crippen molar-refractivity contribution >= 4 is 29.0 Å². The van der Waals surface area contributed by atoms with E-state index < -0.39 is 0 Å². The first-order valence-corrected chi connectivity index (χ1v) is 8.57. The van der Waals surface area contributed by atoms with Crippen LogP contribution in [0.4, 0.5) is 0 Å². The molecule has 1 rings (SSSR count). The number of carbonyl (C=O) groups is 1. The van der Waals surface area contributed by atoms with Gasteiger partial charge in [-0.2, -0.15) is 5.10 Å². The maximum atomic E-state index is 11.0. The molecule has 0 bridgehead atoms. The number of ether oxygens (including phenoxy) is 1. The number of thiocarbonyl (C=S) groups is 1. The standard InChI is InChI=1S/C18H27N3O2S/c1-13-9-10-16(12-14(13)2)15(3)20-21-18(24)19-11-7-5-6-8-17(22)23-4/h9-10,12H,5-8,11H2,1-4H3,(H2,19,21,24)/b20-15-. The van der Waals surface area contributed by atoms with Crippen molar-refractivity contribution in [1.82, 2.24) is 10.7 Å². The van der Waals surface area contributed by atoms with Crippen molar-refractivity contribution in [1.29, 1.82) is 0 Å². The average Bonchev–Trinajstić information content (AvgIpc) is 2.57. The molecule has 0 aliphatic heterocycles. The Labute approximate surface area is 149 Å². The number of benzene rings is 1. The van der Waals surface area contributed by atoms with E-state index in [0.717, 1.165) is 37.1 Å². The van der Waals surface area contributed by atoms with Crippen LogP contribution in [0.2, 0.25) is 0 Å². The van der Waals surface area contributed by atoms with E-state index >= 15 is 0 Å². The van der Waals surface area contributed by atoms with E-state index in [1.54, 1.807) is 0 Å². The van der Waals surface area contributed by atoms with E-state index in [1.807, 2.05) is 6.92 Å². The van der Waals surface area contributed by atoms with Crippen LogP contribution in [0.15, 0.2) is 23.3 Å². The summed E-state index contributed by atoms with van der Waals surface area (Å²) in [5.41, 5.74) is 7.35. The second kappa shape index (κ2) is 10.8. The lowest BCUT2D eigenvalue weighted by Gasteiger charge is -2.09. The molecule has 0 unspecified atom stereocenters. The Morgan fingerprint density at radius 2 is 1.96 bits per heavy atom. The van der Waals surface area contributed by atoms with Crippen LogP contribution in [0.25, 0.3) is 0 Å². The van der Waals surface area contributed by atoms with Gasteiger partial charge in [0, 0.05) is 13.0 Å². The van der Waals surface area contributed by atoms with Crippen LogP contribution >= 0.6 is 12.2 Å². The van der Waals surface area contributed by atoms with Crippen LogP contribution < -0.4 is 10.7 Å². The fraction of sp³-hybridized carbons (Fsp3) is 0.500. The van der Waals surface area contributed by atoms with Gasteiger partial charge in [-0.1, -0.05) is 18.6 Å². The summed E-state index contributed by atoms with van der Waals surface area (Å²) in [6.45, 7) is 6.89. The maximum absolute atomic E-state index is 11.0. The molecule has 0 spiro atoms. The van der Waals surface area contributed by atoms with Gasteiger partial charge in [0.1, 0.15) is 0 Å². The number of nitrogens with one attached hydrogen (secondary N) is 2. The lowest BCUT2D eigenvalue weighted by atomic mass is 10.0. The van der Waals surface area contributed by atoms with Crippen molar-refractivity contribution < 1.29 is 9.53 Å². The highest BCUT2D eigenvalue weighted by Gasteiger charge is 2.01. The van der Waals surface area contributed by atoms with Crippen molar-refractivity contribution in [2.45, 2.75) is 46.5 Å². The summed E-state index contributed by atoms with van der Waals surface area (Å²) in [7, 11) is 1.41. The van der Waals surface area contributed by atoms with Crippen molar-refractivity contribution in [3.63, 3.8) is 0 Å². The molecule has 0 aliphatic rings. The maximum Gasteiger partial charge on any atom is 0.305 e. The number of aryl methyl sites for hydroxylation is 2. The van der Waals surface area contributed by atoms with E-state index in [9.17, 15) is 4.79 Å². The normalized spacial score (nSPS) is 11.1. The van der Waals surface area contributed by atoms with Gasteiger partial charge in [0.05, 0.1) is 12.8 Å². The molecule has 0 heterocycles. The molecule has 0 saturated heterocycles. The van der Waals surface area contributed by atoms with Crippen LogP contribution in [-0.4, -0.2) is 30.4 Å². The lowest BCUT2D eigenvalue weighted by molar-refractivity contribution is -0.140. The van der Waals surface area contributed by atoms with E-state index in [0.29, 0.717) is 11.5 Å². The third kappa shape index (κ3) is 7.55. The molecule has 0 aliphatic carbocycles. The second-order valence-corrected chi connectivity index (χ2v) is 6.16. The Bertz CT molecular complexity index is 600. The highest BCUT2D eigenvalue weighted by Crippen LogP contribution is 2.10. The minimum atomic E-state index is -0.156. The van der Waals surface area contributed by atoms with E-state index in [4.69, 9.17) is 12.2 Å². The number of hydrogen-bond acceptors (Lipinski definition) is 4. The minimum Gasteiger partial charge on any atom is -0.469 e. The number of rotatable bonds is 8. The molecule has 0 atom stereocenters. The van der Waals surface area contributed by atoms with Crippen molar-refractivity contribution in [3.8, 4) is 0 Å². The van der Waals surface area contributed by atoms with Crippen molar-refractivity contribution in [2.24, 2.45) is 5.10 Å². The number of esters is 1. The van der Waals surface area contributed by atoms with Gasteiger partial charge in [0.25, 0.3) is 0 Å². The molecule has 24 heavy (non-hydrogen) atoms. The second-order valence-electron chi connectivity index (χ2n) is 5.75. The smallest absolute Gasteiger partial charge is 0.305 e. The van der Waals surface area contributed by atoms with Crippen LogP contribution in [0, 0.1) is 13.8 Å². The highest BCUT2D eigenvalue weighted by atomic mass is 32.1. The minimum absolute atomic E-state index is 0.156. The van der Waals surface area contributed by atoms with Crippen molar-refractivity contribution in [3.05, 3.63) is 34.9 Å². The van der Waals surface area contributed by atoms with E-state index in [-0.39, 0.29) is 5.97 Å². The van der Waals surface area contributed by atoms with Gasteiger partial charge in [-0.25, -0.2) is 0 Å². The Kier molecular flexibility index (Phi) is 9.01. The SMILES string of the molecule is COC(=O)CCCCCNC(=S)N/N=C(/C)c1ccc(C)c(C)c1. The summed E-state index contributed by atoms with van der Waals surface area (Å²) in [6.07, 6.45) is 3.20. The molecule has 0 saturated carbocycles. The Balaban J connectivity index is 2.27. The molecule has 5 nitrogen and oxygen atoms in total. The lowest BCUT2D eigenvalue weighted by Crippen LogP contribution is -2.33. The van der Waals surface area contributed by atoms with Crippen molar-refractivity contribution in [2.75, 3.05) is 13.7 Å². The van der Waals surface area contributed by atoms with Gasteiger partial charge in [-0.15, -0.1) is 0 Å². The van der Waals surface area contributed by atoms with Crippen LogP contribution in [0.1, 0.15) is 49.3 Å². The third-order valence-electron chi connectivity index (χ3n) is 3.82. The average molecular weight is 350 g/mol. The zero-order chi connectivity index (χ0) is 17.9. The van der Waals surface area contributed by atoms with E-state index in [2.05, 4.69) is 52.6 Å². The van der Waals surface area contributed by atoms with Crippen LogP contribution in [0.3, 0.4) is 0 Å². The summed E-state index contributed by atoms with van der Waals surface area (Å²) < 4.78 is 4.60. The molecule has 0 aromatic heterocycles. The summed E-state index contributed by atoms with van der Waals surface area (Å²) in [6, 6.07) is 6.27. The molecular formula is C18H27N3O2S. The summed E-state index contributed by atoms with van der Waals surface area (Å²) in [5.74, 6) is -0.156.